The van der Waals surface area contributed by atoms with E-state index in [4.69, 9.17) is 11.5 Å². The van der Waals surface area contributed by atoms with Crippen molar-refractivity contribution in [2.75, 3.05) is 11.5 Å². The number of anilines is 2. The molecule has 2 bridgehead atoms. The first-order chi connectivity index (χ1) is 9.72. The molecule has 3 atom stereocenters. The number of benzene rings is 1. The molecule has 0 aliphatic heterocycles. The van der Waals surface area contributed by atoms with E-state index in [0.29, 0.717) is 22.9 Å². The van der Waals surface area contributed by atoms with Crippen molar-refractivity contribution < 1.29 is 4.79 Å². The summed E-state index contributed by atoms with van der Waals surface area (Å²) in [6.07, 6.45) is 3.69. The third-order valence-corrected chi connectivity index (χ3v) is 5.79. The maximum atomic E-state index is 12.6. The van der Waals surface area contributed by atoms with Gasteiger partial charge >= 0.3 is 0 Å². The molecule has 2 aliphatic carbocycles. The SMILES string of the molecule is CC12CCC(C1)C(C)(C)C2NC(=O)c1cc(N)cc(N)c1. The minimum absolute atomic E-state index is 0.0687. The Balaban J connectivity index is 1.84. The summed E-state index contributed by atoms with van der Waals surface area (Å²) in [5.41, 5.74) is 13.5. The summed E-state index contributed by atoms with van der Waals surface area (Å²) in [4.78, 5) is 12.6. The number of rotatable bonds is 2. The Morgan fingerprint density at radius 2 is 1.81 bits per heavy atom. The third-order valence-electron chi connectivity index (χ3n) is 5.79. The first kappa shape index (κ1) is 14.2. The molecule has 21 heavy (non-hydrogen) atoms. The average molecular weight is 287 g/mol. The van der Waals surface area contributed by atoms with E-state index < -0.39 is 0 Å². The van der Waals surface area contributed by atoms with E-state index >= 15 is 0 Å². The summed E-state index contributed by atoms with van der Waals surface area (Å²) >= 11 is 0. The topological polar surface area (TPSA) is 81.1 Å². The van der Waals surface area contributed by atoms with Gasteiger partial charge in [0.1, 0.15) is 0 Å². The molecule has 0 radical (unpaired) electrons. The molecule has 1 aromatic rings. The van der Waals surface area contributed by atoms with Crippen LogP contribution in [0.1, 0.15) is 50.4 Å². The van der Waals surface area contributed by atoms with E-state index in [-0.39, 0.29) is 22.8 Å². The van der Waals surface area contributed by atoms with Crippen LogP contribution in [0.5, 0.6) is 0 Å². The first-order valence-electron chi connectivity index (χ1n) is 7.69. The lowest BCUT2D eigenvalue weighted by Gasteiger charge is -2.43. The zero-order valence-corrected chi connectivity index (χ0v) is 13.1. The summed E-state index contributed by atoms with van der Waals surface area (Å²) in [5.74, 6) is 0.638. The fraction of sp³-hybridized carbons (Fsp3) is 0.588. The monoisotopic (exact) mass is 287 g/mol. The number of fused-ring (bicyclic) bond motifs is 2. The van der Waals surface area contributed by atoms with Crippen LogP contribution in [0, 0.1) is 16.7 Å². The number of carbonyl (C=O) groups excluding carboxylic acids is 1. The van der Waals surface area contributed by atoms with E-state index in [1.54, 1.807) is 18.2 Å². The van der Waals surface area contributed by atoms with Crippen LogP contribution in [0.4, 0.5) is 11.4 Å². The maximum absolute atomic E-state index is 12.6. The van der Waals surface area contributed by atoms with Gasteiger partial charge in [-0.1, -0.05) is 20.8 Å². The van der Waals surface area contributed by atoms with Gasteiger partial charge in [-0.05, 0) is 54.2 Å². The molecule has 0 aromatic heterocycles. The Labute approximate surface area is 126 Å². The van der Waals surface area contributed by atoms with Crippen molar-refractivity contribution in [1.29, 1.82) is 0 Å². The van der Waals surface area contributed by atoms with Crippen molar-refractivity contribution in [3.63, 3.8) is 0 Å². The Kier molecular flexibility index (Phi) is 2.98. The third kappa shape index (κ3) is 2.17. The summed E-state index contributed by atoms with van der Waals surface area (Å²) < 4.78 is 0. The summed E-state index contributed by atoms with van der Waals surface area (Å²) in [6, 6.07) is 5.25. The van der Waals surface area contributed by atoms with Crippen LogP contribution in [0.25, 0.3) is 0 Å². The minimum Gasteiger partial charge on any atom is -0.399 e. The van der Waals surface area contributed by atoms with Gasteiger partial charge < -0.3 is 16.8 Å². The van der Waals surface area contributed by atoms with Gasteiger partial charge in [0, 0.05) is 23.0 Å². The Bertz CT molecular complexity index is 571. The average Bonchev–Trinajstić information content (AvgIpc) is 2.84. The van der Waals surface area contributed by atoms with Gasteiger partial charge in [0.15, 0.2) is 0 Å². The zero-order valence-electron chi connectivity index (χ0n) is 13.1. The largest absolute Gasteiger partial charge is 0.399 e. The molecule has 0 saturated heterocycles. The van der Waals surface area contributed by atoms with Crippen LogP contribution in [0.3, 0.4) is 0 Å². The first-order valence-corrected chi connectivity index (χ1v) is 7.69. The highest BCUT2D eigenvalue weighted by Crippen LogP contribution is 2.62. The predicted octanol–water partition coefficient (Wildman–Crippen LogP) is 2.80. The van der Waals surface area contributed by atoms with Crippen LogP contribution in [-0.4, -0.2) is 11.9 Å². The van der Waals surface area contributed by atoms with Gasteiger partial charge in [0.25, 0.3) is 5.91 Å². The zero-order chi connectivity index (χ0) is 15.4. The van der Waals surface area contributed by atoms with Crippen molar-refractivity contribution in [3.05, 3.63) is 23.8 Å². The standard InChI is InChI=1S/C17H25N3O/c1-16(2)11-4-5-17(3,9-11)15(16)20-14(21)10-6-12(18)8-13(19)7-10/h6-8,11,15H,4-5,9,18-19H2,1-3H3,(H,20,21). The highest BCUT2D eigenvalue weighted by molar-refractivity contribution is 5.96. The molecule has 0 spiro atoms. The van der Waals surface area contributed by atoms with Gasteiger partial charge in [-0.25, -0.2) is 0 Å². The predicted molar refractivity (Wildman–Crippen MR) is 85.8 cm³/mol. The molecule has 114 valence electrons. The Morgan fingerprint density at radius 3 is 2.33 bits per heavy atom. The van der Waals surface area contributed by atoms with Crippen molar-refractivity contribution in [2.24, 2.45) is 16.7 Å². The number of carbonyl (C=O) groups is 1. The van der Waals surface area contributed by atoms with Crippen LogP contribution >= 0.6 is 0 Å². The summed E-state index contributed by atoms with van der Waals surface area (Å²) in [7, 11) is 0. The summed E-state index contributed by atoms with van der Waals surface area (Å²) in [5, 5.41) is 3.26. The van der Waals surface area contributed by atoms with Crippen LogP contribution < -0.4 is 16.8 Å². The highest BCUT2D eigenvalue weighted by Gasteiger charge is 2.59. The number of nitrogens with two attached hydrogens (primary N) is 2. The Hall–Kier alpha value is -1.71. The number of nitrogens with one attached hydrogen (secondary N) is 1. The quantitative estimate of drug-likeness (QED) is 0.732. The molecule has 4 nitrogen and oxygen atoms in total. The maximum Gasteiger partial charge on any atom is 0.251 e. The number of hydrogen-bond donors (Lipinski definition) is 3. The van der Waals surface area contributed by atoms with E-state index in [9.17, 15) is 4.79 Å². The Morgan fingerprint density at radius 1 is 1.19 bits per heavy atom. The van der Waals surface area contributed by atoms with E-state index in [2.05, 4.69) is 26.1 Å². The lowest BCUT2D eigenvalue weighted by atomic mass is 9.68. The van der Waals surface area contributed by atoms with Gasteiger partial charge in [0.2, 0.25) is 0 Å². The molecule has 2 saturated carbocycles. The molecule has 3 unspecified atom stereocenters. The lowest BCUT2D eigenvalue weighted by molar-refractivity contribution is 0.0737. The fourth-order valence-electron chi connectivity index (χ4n) is 4.68. The number of nitrogen functional groups attached to an aromatic ring is 2. The second kappa shape index (κ2) is 4.39. The molecule has 3 rings (SSSR count). The van der Waals surface area contributed by atoms with E-state index in [1.165, 1.54) is 19.3 Å². The second-order valence-electron chi connectivity index (χ2n) is 7.71. The molecule has 1 aromatic carbocycles. The molecular weight excluding hydrogens is 262 g/mol. The highest BCUT2D eigenvalue weighted by atomic mass is 16.1. The van der Waals surface area contributed by atoms with E-state index in [0.717, 1.165) is 0 Å². The molecule has 2 aliphatic rings. The molecule has 5 N–H and O–H groups in total. The molecular formula is C17H25N3O. The molecule has 0 heterocycles. The van der Waals surface area contributed by atoms with Crippen LogP contribution in [-0.2, 0) is 0 Å². The van der Waals surface area contributed by atoms with Crippen LogP contribution in [0.2, 0.25) is 0 Å². The van der Waals surface area contributed by atoms with Gasteiger partial charge in [0.05, 0.1) is 0 Å². The van der Waals surface area contributed by atoms with Gasteiger partial charge in [-0.2, -0.15) is 0 Å². The second-order valence-corrected chi connectivity index (χ2v) is 7.71. The van der Waals surface area contributed by atoms with E-state index in [1.807, 2.05) is 0 Å². The van der Waals surface area contributed by atoms with Crippen molar-refractivity contribution in [2.45, 2.75) is 46.1 Å². The van der Waals surface area contributed by atoms with Crippen molar-refractivity contribution >= 4 is 17.3 Å². The number of amides is 1. The smallest absolute Gasteiger partial charge is 0.251 e. The van der Waals surface area contributed by atoms with Crippen LogP contribution in [0.15, 0.2) is 18.2 Å². The lowest BCUT2D eigenvalue weighted by Crippen LogP contribution is -2.52. The number of hydrogen-bond acceptors (Lipinski definition) is 3. The minimum atomic E-state index is -0.0687. The fourth-order valence-corrected chi connectivity index (χ4v) is 4.68. The van der Waals surface area contributed by atoms with Crippen molar-refractivity contribution in [3.8, 4) is 0 Å². The van der Waals surface area contributed by atoms with Gasteiger partial charge in [-0.3, -0.25) is 4.79 Å². The van der Waals surface area contributed by atoms with Gasteiger partial charge in [-0.15, -0.1) is 0 Å². The molecule has 1 amide bonds. The molecule has 2 fully saturated rings. The molecule has 4 heteroatoms. The van der Waals surface area contributed by atoms with Crippen molar-refractivity contribution in [1.82, 2.24) is 5.32 Å². The normalized spacial score (nSPS) is 33.1. The summed E-state index contributed by atoms with van der Waals surface area (Å²) in [6.45, 7) is 6.86.